The van der Waals surface area contributed by atoms with E-state index in [4.69, 9.17) is 0 Å². The molecule has 0 N–H and O–H groups in total. The van der Waals surface area contributed by atoms with Crippen molar-refractivity contribution in [3.8, 4) is 11.1 Å². The van der Waals surface area contributed by atoms with Crippen LogP contribution < -0.4 is 4.90 Å². The molecular weight excluding hydrogens is 655 g/mol. The van der Waals surface area contributed by atoms with Gasteiger partial charge in [0.15, 0.2) is 0 Å². The maximum atomic E-state index is 2.42. The summed E-state index contributed by atoms with van der Waals surface area (Å²) in [5.41, 5.74) is 5.87. The van der Waals surface area contributed by atoms with Crippen LogP contribution in [0.1, 0.15) is 0 Å². The highest BCUT2D eigenvalue weighted by Gasteiger charge is 2.17. The number of nitrogens with zero attached hydrogens (tertiary/aromatic N) is 1. The Morgan fingerprint density at radius 3 is 1.39 bits per heavy atom. The lowest BCUT2D eigenvalue weighted by atomic mass is 9.94. The summed E-state index contributed by atoms with van der Waals surface area (Å²) in [6.07, 6.45) is 0. The molecule has 9 aromatic carbocycles. The third kappa shape index (κ3) is 4.59. The molecule has 2 heterocycles. The van der Waals surface area contributed by atoms with Crippen LogP contribution in [0.2, 0.25) is 0 Å². The Morgan fingerprint density at radius 1 is 0.275 bits per heavy atom. The lowest BCUT2D eigenvalue weighted by Gasteiger charge is -2.26. The van der Waals surface area contributed by atoms with Gasteiger partial charge < -0.3 is 4.90 Å². The molecule has 0 atom stereocenters. The summed E-state index contributed by atoms with van der Waals surface area (Å²) in [7, 11) is 0. The van der Waals surface area contributed by atoms with Gasteiger partial charge in [-0.05, 0) is 110 Å². The van der Waals surface area contributed by atoms with Gasteiger partial charge in [0.05, 0.1) is 0 Å². The number of hydrogen-bond acceptors (Lipinski definition) is 3. The van der Waals surface area contributed by atoms with Gasteiger partial charge in [0, 0.05) is 57.4 Å². The van der Waals surface area contributed by atoms with Gasteiger partial charge in [-0.1, -0.05) is 109 Å². The topological polar surface area (TPSA) is 3.24 Å². The van der Waals surface area contributed by atoms with Crippen LogP contribution in [0.15, 0.2) is 176 Å². The molecule has 0 amide bonds. The standard InChI is InChI=1S/C48H29NS2/c1-2-8-37-31(7-1)17-24-39-38(37)23-18-32-13-14-33(27-42(32)39)30-15-19-34(20-16-30)49(35-21-25-47-43(28-35)40-9-3-5-11-45(40)50-47)36-22-26-48-44(29-36)41-10-4-6-12-46(41)51-48/h1-29H. The summed E-state index contributed by atoms with van der Waals surface area (Å²) in [6.45, 7) is 0. The Bertz CT molecular complexity index is 3030. The Morgan fingerprint density at radius 2 is 0.745 bits per heavy atom. The van der Waals surface area contributed by atoms with E-state index in [1.807, 2.05) is 22.7 Å². The normalized spacial score (nSPS) is 11.9. The predicted molar refractivity (Wildman–Crippen MR) is 225 cm³/mol. The molecule has 0 radical (unpaired) electrons. The van der Waals surface area contributed by atoms with E-state index in [1.165, 1.54) is 83.8 Å². The zero-order chi connectivity index (χ0) is 33.5. The average molecular weight is 684 g/mol. The monoisotopic (exact) mass is 683 g/mol. The SMILES string of the molecule is c1ccc2c(c1)ccc1c3cc(-c4ccc(N(c5ccc6sc7ccccc7c6c5)c5ccc6sc7ccccc7c6c5)cc4)ccc3ccc21. The number of thiophene rings is 2. The second kappa shape index (κ2) is 11.3. The van der Waals surface area contributed by atoms with Crippen molar-refractivity contribution in [2.45, 2.75) is 0 Å². The van der Waals surface area contributed by atoms with Crippen LogP contribution in [0.4, 0.5) is 17.1 Å². The zero-order valence-electron chi connectivity index (χ0n) is 27.5. The highest BCUT2D eigenvalue weighted by molar-refractivity contribution is 7.26. The van der Waals surface area contributed by atoms with Crippen LogP contribution in [0, 0.1) is 0 Å². The quantitative estimate of drug-likeness (QED) is 0.167. The van der Waals surface area contributed by atoms with Crippen LogP contribution in [-0.2, 0) is 0 Å². The first kappa shape index (κ1) is 28.8. The molecule has 0 bridgehead atoms. The van der Waals surface area contributed by atoms with Crippen molar-refractivity contribution >= 4 is 112 Å². The smallest absolute Gasteiger partial charge is 0.0468 e. The van der Waals surface area contributed by atoms with Crippen molar-refractivity contribution in [3.63, 3.8) is 0 Å². The first-order valence-corrected chi connectivity index (χ1v) is 19.0. The van der Waals surface area contributed by atoms with Gasteiger partial charge in [0.1, 0.15) is 0 Å². The molecular formula is C48H29NS2. The van der Waals surface area contributed by atoms with E-state index in [0.717, 1.165) is 17.1 Å². The maximum absolute atomic E-state index is 2.42. The lowest BCUT2D eigenvalue weighted by molar-refractivity contribution is 1.30. The third-order valence-electron chi connectivity index (χ3n) is 10.4. The number of anilines is 3. The molecule has 0 aliphatic carbocycles. The van der Waals surface area contributed by atoms with Crippen molar-refractivity contribution in [2.24, 2.45) is 0 Å². The van der Waals surface area contributed by atoms with Crippen molar-refractivity contribution in [2.75, 3.05) is 4.90 Å². The molecule has 3 heteroatoms. The Kier molecular flexibility index (Phi) is 6.36. The van der Waals surface area contributed by atoms with E-state index < -0.39 is 0 Å². The van der Waals surface area contributed by atoms with Crippen LogP contribution in [0.25, 0.3) is 83.8 Å². The average Bonchev–Trinajstić information content (AvgIpc) is 3.76. The van der Waals surface area contributed by atoms with Gasteiger partial charge in [0.25, 0.3) is 0 Å². The molecule has 0 saturated carbocycles. The van der Waals surface area contributed by atoms with Gasteiger partial charge in [0.2, 0.25) is 0 Å². The Hall–Kier alpha value is -6.00. The Balaban J connectivity index is 1.06. The van der Waals surface area contributed by atoms with Gasteiger partial charge in [-0.25, -0.2) is 0 Å². The lowest BCUT2D eigenvalue weighted by Crippen LogP contribution is -2.09. The third-order valence-corrected chi connectivity index (χ3v) is 12.7. The molecule has 51 heavy (non-hydrogen) atoms. The van der Waals surface area contributed by atoms with Crippen molar-refractivity contribution in [3.05, 3.63) is 176 Å². The predicted octanol–water partition coefficient (Wildman–Crippen LogP) is 15.0. The molecule has 0 aliphatic rings. The van der Waals surface area contributed by atoms with Gasteiger partial charge >= 0.3 is 0 Å². The number of benzene rings is 9. The summed E-state index contributed by atoms with van der Waals surface area (Å²) >= 11 is 3.72. The molecule has 0 saturated heterocycles. The summed E-state index contributed by atoms with van der Waals surface area (Å²) in [5.74, 6) is 0. The zero-order valence-corrected chi connectivity index (χ0v) is 29.1. The molecule has 0 aliphatic heterocycles. The van der Waals surface area contributed by atoms with E-state index in [-0.39, 0.29) is 0 Å². The first-order valence-electron chi connectivity index (χ1n) is 17.3. The summed E-state index contributed by atoms with van der Waals surface area (Å²) in [6, 6.07) is 65.1. The van der Waals surface area contributed by atoms with Crippen molar-refractivity contribution < 1.29 is 0 Å². The molecule has 0 spiro atoms. The van der Waals surface area contributed by atoms with Gasteiger partial charge in [-0.3, -0.25) is 0 Å². The van der Waals surface area contributed by atoms with Crippen molar-refractivity contribution in [1.29, 1.82) is 0 Å². The van der Waals surface area contributed by atoms with Gasteiger partial charge in [-0.15, -0.1) is 22.7 Å². The fourth-order valence-electron chi connectivity index (χ4n) is 7.95. The molecule has 0 unspecified atom stereocenters. The molecule has 2 aromatic heterocycles. The van der Waals surface area contributed by atoms with Crippen LogP contribution in [-0.4, -0.2) is 0 Å². The van der Waals surface area contributed by atoms with Gasteiger partial charge in [-0.2, -0.15) is 0 Å². The van der Waals surface area contributed by atoms with E-state index in [9.17, 15) is 0 Å². The fraction of sp³-hybridized carbons (Fsp3) is 0. The minimum absolute atomic E-state index is 1.13. The van der Waals surface area contributed by atoms with Crippen LogP contribution in [0.3, 0.4) is 0 Å². The van der Waals surface area contributed by atoms with Crippen molar-refractivity contribution in [1.82, 2.24) is 0 Å². The van der Waals surface area contributed by atoms with E-state index >= 15 is 0 Å². The maximum Gasteiger partial charge on any atom is 0.0468 e. The fourth-order valence-corrected chi connectivity index (χ4v) is 10.1. The highest BCUT2D eigenvalue weighted by atomic mass is 32.1. The van der Waals surface area contributed by atoms with Crippen LogP contribution in [0.5, 0.6) is 0 Å². The largest absolute Gasteiger partial charge is 0.310 e. The second-order valence-corrected chi connectivity index (χ2v) is 15.5. The minimum atomic E-state index is 1.13. The van der Waals surface area contributed by atoms with E-state index in [1.54, 1.807) is 0 Å². The number of hydrogen-bond donors (Lipinski definition) is 0. The molecule has 0 fully saturated rings. The molecule has 11 rings (SSSR count). The Labute approximate surface area is 302 Å². The summed E-state index contributed by atoms with van der Waals surface area (Å²) < 4.78 is 5.27. The first-order chi connectivity index (χ1) is 25.2. The summed E-state index contributed by atoms with van der Waals surface area (Å²) in [5, 5.41) is 12.9. The minimum Gasteiger partial charge on any atom is -0.310 e. The van der Waals surface area contributed by atoms with Crippen LogP contribution >= 0.6 is 22.7 Å². The number of fused-ring (bicyclic) bond motifs is 11. The molecule has 11 aromatic rings. The second-order valence-electron chi connectivity index (χ2n) is 13.3. The summed E-state index contributed by atoms with van der Waals surface area (Å²) in [4.78, 5) is 2.42. The van der Waals surface area contributed by atoms with E-state index in [2.05, 4.69) is 181 Å². The molecule has 1 nitrogen and oxygen atoms in total. The number of rotatable bonds is 4. The molecule has 238 valence electrons. The van der Waals surface area contributed by atoms with E-state index in [0.29, 0.717) is 0 Å². The highest BCUT2D eigenvalue weighted by Crippen LogP contribution is 2.44.